The van der Waals surface area contributed by atoms with E-state index in [1.54, 1.807) is 0 Å². The molecule has 0 fully saturated rings. The van der Waals surface area contributed by atoms with E-state index in [0.29, 0.717) is 16.6 Å². The summed E-state index contributed by atoms with van der Waals surface area (Å²) in [6.07, 6.45) is -1.86. The van der Waals surface area contributed by atoms with E-state index < -0.39 is 34.9 Å². The van der Waals surface area contributed by atoms with Gasteiger partial charge in [-0.25, -0.2) is 17.6 Å². The van der Waals surface area contributed by atoms with E-state index in [1.165, 1.54) is 12.1 Å². The molecule has 1 atom stereocenters. The molecule has 0 radical (unpaired) electrons. The standard InChI is InChI=1S/C13H7BrF4O/c14-6-1-2-9(16)8(3-6)13(19)12-10(17)4-7(15)5-11(12)18/h1-5,13,19H. The van der Waals surface area contributed by atoms with Crippen LogP contribution in [0.3, 0.4) is 0 Å². The Labute approximate surface area is 114 Å². The highest BCUT2D eigenvalue weighted by atomic mass is 79.9. The topological polar surface area (TPSA) is 20.2 Å². The third-order valence-electron chi connectivity index (χ3n) is 2.57. The zero-order chi connectivity index (χ0) is 14.2. The second kappa shape index (κ2) is 5.30. The van der Waals surface area contributed by atoms with Crippen LogP contribution in [-0.2, 0) is 0 Å². The van der Waals surface area contributed by atoms with Crippen molar-refractivity contribution in [3.05, 3.63) is 69.2 Å². The van der Waals surface area contributed by atoms with Gasteiger partial charge in [0.25, 0.3) is 0 Å². The van der Waals surface area contributed by atoms with Gasteiger partial charge in [0.15, 0.2) is 0 Å². The summed E-state index contributed by atoms with van der Waals surface area (Å²) < 4.78 is 53.8. The highest BCUT2D eigenvalue weighted by Crippen LogP contribution is 2.30. The summed E-state index contributed by atoms with van der Waals surface area (Å²) in [6.45, 7) is 0. The molecule has 1 N–H and O–H groups in total. The predicted octanol–water partition coefficient (Wildman–Crippen LogP) is 4.09. The van der Waals surface area contributed by atoms with Crippen LogP contribution in [0.25, 0.3) is 0 Å². The Bertz CT molecular complexity index is 607. The summed E-state index contributed by atoms with van der Waals surface area (Å²) in [5, 5.41) is 9.89. The largest absolute Gasteiger partial charge is 0.383 e. The lowest BCUT2D eigenvalue weighted by atomic mass is 10.00. The normalized spacial score (nSPS) is 12.5. The third-order valence-corrected chi connectivity index (χ3v) is 3.06. The maximum atomic E-state index is 13.5. The maximum absolute atomic E-state index is 13.5. The average molecular weight is 335 g/mol. The molecule has 0 aliphatic carbocycles. The molecule has 0 aliphatic rings. The van der Waals surface area contributed by atoms with Crippen molar-refractivity contribution in [2.45, 2.75) is 6.10 Å². The third kappa shape index (κ3) is 2.79. The molecule has 6 heteroatoms. The summed E-state index contributed by atoms with van der Waals surface area (Å²) in [5.74, 6) is -4.48. The van der Waals surface area contributed by atoms with Crippen LogP contribution in [0.15, 0.2) is 34.8 Å². The summed E-state index contributed by atoms with van der Waals surface area (Å²) in [4.78, 5) is 0. The Balaban J connectivity index is 2.56. The molecule has 2 aromatic rings. The highest BCUT2D eigenvalue weighted by Gasteiger charge is 2.23. The van der Waals surface area contributed by atoms with Crippen LogP contribution < -0.4 is 0 Å². The Hall–Kier alpha value is -1.40. The van der Waals surface area contributed by atoms with Gasteiger partial charge in [-0.2, -0.15) is 0 Å². The fraction of sp³-hybridized carbons (Fsp3) is 0.0769. The zero-order valence-corrected chi connectivity index (χ0v) is 10.9. The molecule has 1 unspecified atom stereocenters. The number of hydrogen-bond acceptors (Lipinski definition) is 1. The molecule has 2 rings (SSSR count). The van der Waals surface area contributed by atoms with Crippen molar-refractivity contribution in [1.29, 1.82) is 0 Å². The number of aliphatic hydroxyl groups is 1. The van der Waals surface area contributed by atoms with Crippen LogP contribution in [0.4, 0.5) is 17.6 Å². The minimum atomic E-state index is -1.86. The molecule has 0 saturated heterocycles. The summed E-state index contributed by atoms with van der Waals surface area (Å²) in [7, 11) is 0. The van der Waals surface area contributed by atoms with E-state index >= 15 is 0 Å². The van der Waals surface area contributed by atoms with Gasteiger partial charge in [-0.1, -0.05) is 15.9 Å². The van der Waals surface area contributed by atoms with Crippen molar-refractivity contribution in [2.75, 3.05) is 0 Å². The summed E-state index contributed by atoms with van der Waals surface area (Å²) in [5.41, 5.74) is -1.10. The van der Waals surface area contributed by atoms with Gasteiger partial charge in [-0.05, 0) is 18.2 Å². The fourth-order valence-electron chi connectivity index (χ4n) is 1.69. The number of benzene rings is 2. The van der Waals surface area contributed by atoms with Crippen molar-refractivity contribution < 1.29 is 22.7 Å². The quantitative estimate of drug-likeness (QED) is 0.820. The number of halogens is 5. The first kappa shape index (κ1) is 14.0. The van der Waals surface area contributed by atoms with Crippen LogP contribution in [0, 0.1) is 23.3 Å². The number of rotatable bonds is 2. The minimum Gasteiger partial charge on any atom is -0.383 e. The van der Waals surface area contributed by atoms with E-state index in [-0.39, 0.29) is 5.56 Å². The van der Waals surface area contributed by atoms with Crippen molar-refractivity contribution in [3.63, 3.8) is 0 Å². The van der Waals surface area contributed by atoms with Gasteiger partial charge < -0.3 is 5.11 Å². The first-order valence-electron chi connectivity index (χ1n) is 5.17. The second-order valence-corrected chi connectivity index (χ2v) is 4.77. The van der Waals surface area contributed by atoms with Gasteiger partial charge in [0, 0.05) is 22.2 Å². The van der Waals surface area contributed by atoms with Crippen LogP contribution in [0.1, 0.15) is 17.2 Å². The Morgan fingerprint density at radius 3 is 2.05 bits per heavy atom. The molecule has 2 aromatic carbocycles. The molecule has 1 nitrogen and oxygen atoms in total. The van der Waals surface area contributed by atoms with E-state index in [1.807, 2.05) is 0 Å². The van der Waals surface area contributed by atoms with Crippen molar-refractivity contribution in [3.8, 4) is 0 Å². The van der Waals surface area contributed by atoms with E-state index in [4.69, 9.17) is 0 Å². The summed E-state index contributed by atoms with van der Waals surface area (Å²) in [6, 6.07) is 4.47. The molecule has 100 valence electrons. The smallest absolute Gasteiger partial charge is 0.135 e. The highest BCUT2D eigenvalue weighted by molar-refractivity contribution is 9.10. The molecule has 0 spiro atoms. The average Bonchev–Trinajstić information content (AvgIpc) is 2.30. The van der Waals surface area contributed by atoms with Gasteiger partial charge in [0.05, 0.1) is 5.56 Å². The molecule has 0 heterocycles. The molecule has 0 aliphatic heterocycles. The predicted molar refractivity (Wildman–Crippen MR) is 64.5 cm³/mol. The molecule has 0 aromatic heterocycles. The van der Waals surface area contributed by atoms with E-state index in [9.17, 15) is 22.7 Å². The second-order valence-electron chi connectivity index (χ2n) is 3.85. The monoisotopic (exact) mass is 334 g/mol. The number of hydrogen-bond donors (Lipinski definition) is 1. The van der Waals surface area contributed by atoms with Crippen LogP contribution in [0.2, 0.25) is 0 Å². The van der Waals surface area contributed by atoms with E-state index in [0.717, 1.165) is 6.07 Å². The van der Waals surface area contributed by atoms with Gasteiger partial charge in [-0.15, -0.1) is 0 Å². The Morgan fingerprint density at radius 2 is 1.47 bits per heavy atom. The van der Waals surface area contributed by atoms with Crippen LogP contribution in [-0.4, -0.2) is 5.11 Å². The van der Waals surface area contributed by atoms with Crippen LogP contribution >= 0.6 is 15.9 Å². The summed E-state index contributed by atoms with van der Waals surface area (Å²) >= 11 is 3.06. The SMILES string of the molecule is OC(c1cc(Br)ccc1F)c1c(F)cc(F)cc1F. The fourth-order valence-corrected chi connectivity index (χ4v) is 2.07. The lowest BCUT2D eigenvalue weighted by Crippen LogP contribution is -2.08. The van der Waals surface area contributed by atoms with Gasteiger partial charge in [0.1, 0.15) is 29.4 Å². The number of aliphatic hydroxyl groups excluding tert-OH is 1. The van der Waals surface area contributed by atoms with Crippen molar-refractivity contribution >= 4 is 15.9 Å². The molecule has 0 bridgehead atoms. The van der Waals surface area contributed by atoms with Crippen molar-refractivity contribution in [1.82, 2.24) is 0 Å². The first-order valence-corrected chi connectivity index (χ1v) is 5.97. The molecule has 0 saturated carbocycles. The molecule has 19 heavy (non-hydrogen) atoms. The lowest BCUT2D eigenvalue weighted by Gasteiger charge is -2.14. The maximum Gasteiger partial charge on any atom is 0.135 e. The molecular weight excluding hydrogens is 328 g/mol. The van der Waals surface area contributed by atoms with Crippen molar-refractivity contribution in [2.24, 2.45) is 0 Å². The zero-order valence-electron chi connectivity index (χ0n) is 9.30. The van der Waals surface area contributed by atoms with Gasteiger partial charge in [-0.3, -0.25) is 0 Å². The van der Waals surface area contributed by atoms with Crippen LogP contribution in [0.5, 0.6) is 0 Å². The van der Waals surface area contributed by atoms with Gasteiger partial charge >= 0.3 is 0 Å². The minimum absolute atomic E-state index is 0.307. The Kier molecular flexibility index (Phi) is 3.91. The molecule has 0 amide bonds. The van der Waals surface area contributed by atoms with Gasteiger partial charge in [0.2, 0.25) is 0 Å². The molecular formula is C13H7BrF4O. The lowest BCUT2D eigenvalue weighted by molar-refractivity contribution is 0.203. The first-order chi connectivity index (χ1) is 8.90. The van der Waals surface area contributed by atoms with E-state index in [2.05, 4.69) is 15.9 Å². The Morgan fingerprint density at radius 1 is 0.895 bits per heavy atom.